The molecular weight excluding hydrogens is 286 g/mol. The van der Waals surface area contributed by atoms with Crippen LogP contribution in [0.4, 0.5) is 5.69 Å². The molecule has 4 nitrogen and oxygen atoms in total. The van der Waals surface area contributed by atoms with Crippen molar-refractivity contribution >= 4 is 27.4 Å². The standard InChI is InChI=1S/C12H14BrNO3/c1-7(15)9-3-2-8(13)4-10(9)14-5-11(16)12(17)6-14/h2-4,11-12,16-17H,5-6H2,1H3. The van der Waals surface area contributed by atoms with Gasteiger partial charge in [-0.25, -0.2) is 0 Å². The van der Waals surface area contributed by atoms with Crippen molar-refractivity contribution in [2.45, 2.75) is 19.1 Å². The Kier molecular flexibility index (Phi) is 3.51. The molecule has 0 bridgehead atoms. The summed E-state index contributed by atoms with van der Waals surface area (Å²) in [6.45, 7) is 2.20. The van der Waals surface area contributed by atoms with Gasteiger partial charge in [0, 0.05) is 28.8 Å². The zero-order valence-electron chi connectivity index (χ0n) is 9.43. The second-order valence-corrected chi connectivity index (χ2v) is 5.17. The number of hydrogen-bond acceptors (Lipinski definition) is 4. The molecule has 92 valence electrons. The third-order valence-electron chi connectivity index (χ3n) is 2.94. The smallest absolute Gasteiger partial charge is 0.161 e. The van der Waals surface area contributed by atoms with E-state index in [0.717, 1.165) is 10.2 Å². The van der Waals surface area contributed by atoms with Gasteiger partial charge in [0.05, 0.1) is 12.2 Å². The van der Waals surface area contributed by atoms with E-state index in [4.69, 9.17) is 0 Å². The van der Waals surface area contributed by atoms with E-state index >= 15 is 0 Å². The van der Waals surface area contributed by atoms with E-state index in [-0.39, 0.29) is 5.78 Å². The van der Waals surface area contributed by atoms with Crippen LogP contribution >= 0.6 is 15.9 Å². The molecule has 1 aromatic carbocycles. The van der Waals surface area contributed by atoms with Gasteiger partial charge in [0.25, 0.3) is 0 Å². The van der Waals surface area contributed by atoms with Gasteiger partial charge in [-0.2, -0.15) is 0 Å². The molecule has 0 aliphatic carbocycles. The van der Waals surface area contributed by atoms with Crippen LogP contribution < -0.4 is 4.90 Å². The summed E-state index contributed by atoms with van der Waals surface area (Å²) in [5.74, 6) is -0.0246. The van der Waals surface area contributed by atoms with Crippen molar-refractivity contribution in [1.29, 1.82) is 0 Å². The van der Waals surface area contributed by atoms with Gasteiger partial charge >= 0.3 is 0 Å². The first-order chi connectivity index (χ1) is 7.99. The van der Waals surface area contributed by atoms with Crippen molar-refractivity contribution in [3.05, 3.63) is 28.2 Å². The van der Waals surface area contributed by atoms with Crippen molar-refractivity contribution in [3.8, 4) is 0 Å². The lowest BCUT2D eigenvalue weighted by Crippen LogP contribution is -2.23. The highest BCUT2D eigenvalue weighted by molar-refractivity contribution is 9.10. The molecule has 0 amide bonds. The average Bonchev–Trinajstić information content (AvgIpc) is 2.58. The molecule has 1 aliphatic heterocycles. The summed E-state index contributed by atoms with van der Waals surface area (Å²) in [6.07, 6.45) is -1.51. The predicted molar refractivity (Wildman–Crippen MR) is 68.4 cm³/mol. The maximum Gasteiger partial charge on any atom is 0.161 e. The molecule has 0 aromatic heterocycles. The minimum Gasteiger partial charge on any atom is -0.389 e. The number of β-amino-alcohol motifs (C(OH)–C–C–N with tert-alkyl or cyclic N) is 2. The Hall–Kier alpha value is -0.910. The highest BCUT2D eigenvalue weighted by Crippen LogP contribution is 2.28. The summed E-state index contributed by atoms with van der Waals surface area (Å²) in [5.41, 5.74) is 1.36. The topological polar surface area (TPSA) is 60.8 Å². The van der Waals surface area contributed by atoms with Gasteiger partial charge in [-0.1, -0.05) is 15.9 Å². The molecule has 5 heteroatoms. The van der Waals surface area contributed by atoms with Crippen LogP contribution in [0.1, 0.15) is 17.3 Å². The minimum absolute atomic E-state index is 0.0246. The van der Waals surface area contributed by atoms with Crippen LogP contribution in [0.15, 0.2) is 22.7 Å². The van der Waals surface area contributed by atoms with Gasteiger partial charge in [0.15, 0.2) is 5.78 Å². The predicted octanol–water partition coefficient (Wildman–Crippen LogP) is 1.19. The summed E-state index contributed by atoms with van der Waals surface area (Å²) in [5, 5.41) is 19.1. The SMILES string of the molecule is CC(=O)c1ccc(Br)cc1N1CC(O)C(O)C1. The van der Waals surface area contributed by atoms with Crippen molar-refractivity contribution in [3.63, 3.8) is 0 Å². The molecule has 2 unspecified atom stereocenters. The molecule has 1 heterocycles. The Morgan fingerprint density at radius 1 is 1.35 bits per heavy atom. The molecule has 0 radical (unpaired) electrons. The maximum absolute atomic E-state index is 11.5. The van der Waals surface area contributed by atoms with Crippen LogP contribution in [0.3, 0.4) is 0 Å². The molecule has 1 saturated heterocycles. The van der Waals surface area contributed by atoms with Gasteiger partial charge in [-0.3, -0.25) is 4.79 Å². The normalized spacial score (nSPS) is 24.1. The van der Waals surface area contributed by atoms with Crippen molar-refractivity contribution < 1.29 is 15.0 Å². The fraction of sp³-hybridized carbons (Fsp3) is 0.417. The van der Waals surface area contributed by atoms with Crippen molar-refractivity contribution in [2.24, 2.45) is 0 Å². The maximum atomic E-state index is 11.5. The molecule has 2 N–H and O–H groups in total. The second-order valence-electron chi connectivity index (χ2n) is 4.26. The number of anilines is 1. The van der Waals surface area contributed by atoms with Gasteiger partial charge in [-0.15, -0.1) is 0 Å². The van der Waals surface area contributed by atoms with Gasteiger partial charge in [-0.05, 0) is 25.1 Å². The molecule has 2 atom stereocenters. The van der Waals surface area contributed by atoms with E-state index in [9.17, 15) is 15.0 Å². The largest absolute Gasteiger partial charge is 0.389 e. The third kappa shape index (κ3) is 2.51. The molecule has 1 aromatic rings. The number of aliphatic hydroxyl groups is 2. The third-order valence-corrected chi connectivity index (χ3v) is 3.43. The number of ketones is 1. The monoisotopic (exact) mass is 299 g/mol. The molecular formula is C12H14BrNO3. The number of carbonyl (C=O) groups excluding carboxylic acids is 1. The number of aliphatic hydroxyl groups excluding tert-OH is 2. The Balaban J connectivity index is 2.37. The van der Waals surface area contributed by atoms with Crippen molar-refractivity contribution in [2.75, 3.05) is 18.0 Å². The quantitative estimate of drug-likeness (QED) is 0.806. The number of rotatable bonds is 2. The van der Waals surface area contributed by atoms with Crippen LogP contribution in [-0.2, 0) is 0 Å². The number of carbonyl (C=O) groups is 1. The number of Topliss-reactive ketones (excluding diaryl/α,β-unsaturated/α-hetero) is 1. The lowest BCUT2D eigenvalue weighted by molar-refractivity contribution is 0.0572. The van der Waals surface area contributed by atoms with E-state index in [2.05, 4.69) is 15.9 Å². The highest BCUT2D eigenvalue weighted by Gasteiger charge is 2.31. The van der Waals surface area contributed by atoms with Crippen LogP contribution in [0, 0.1) is 0 Å². The van der Waals surface area contributed by atoms with E-state index in [1.165, 1.54) is 6.92 Å². The first-order valence-electron chi connectivity index (χ1n) is 5.40. The van der Waals surface area contributed by atoms with E-state index in [1.54, 1.807) is 6.07 Å². The number of nitrogens with zero attached hydrogens (tertiary/aromatic N) is 1. The van der Waals surface area contributed by atoms with Gasteiger partial charge < -0.3 is 15.1 Å². The van der Waals surface area contributed by atoms with Crippen LogP contribution in [0.25, 0.3) is 0 Å². The summed E-state index contributed by atoms with van der Waals surface area (Å²) < 4.78 is 0.869. The summed E-state index contributed by atoms with van der Waals surface area (Å²) in [6, 6.07) is 5.39. The van der Waals surface area contributed by atoms with Crippen molar-refractivity contribution in [1.82, 2.24) is 0 Å². The molecule has 1 fully saturated rings. The number of hydrogen-bond donors (Lipinski definition) is 2. The second kappa shape index (κ2) is 4.76. The summed E-state index contributed by atoms with van der Waals surface area (Å²) >= 11 is 3.36. The highest BCUT2D eigenvalue weighted by atomic mass is 79.9. The number of benzene rings is 1. The fourth-order valence-electron chi connectivity index (χ4n) is 2.03. The Bertz CT molecular complexity index is 439. The molecule has 2 rings (SSSR count). The zero-order valence-corrected chi connectivity index (χ0v) is 11.0. The number of halogens is 1. The first-order valence-corrected chi connectivity index (χ1v) is 6.20. The minimum atomic E-state index is -0.756. The molecule has 0 spiro atoms. The molecule has 17 heavy (non-hydrogen) atoms. The van der Waals surface area contributed by atoms with E-state index in [1.807, 2.05) is 17.0 Å². The average molecular weight is 300 g/mol. The van der Waals surface area contributed by atoms with E-state index in [0.29, 0.717) is 18.7 Å². The Labute approximate surface area is 108 Å². The molecule has 1 aliphatic rings. The first kappa shape index (κ1) is 12.5. The van der Waals surface area contributed by atoms with Gasteiger partial charge in [0.2, 0.25) is 0 Å². The van der Waals surface area contributed by atoms with Gasteiger partial charge in [0.1, 0.15) is 0 Å². The van der Waals surface area contributed by atoms with Crippen LogP contribution in [0.5, 0.6) is 0 Å². The molecule has 0 saturated carbocycles. The zero-order chi connectivity index (χ0) is 12.6. The summed E-state index contributed by atoms with van der Waals surface area (Å²) in [4.78, 5) is 13.4. The Morgan fingerprint density at radius 2 is 1.94 bits per heavy atom. The fourth-order valence-corrected chi connectivity index (χ4v) is 2.38. The lowest BCUT2D eigenvalue weighted by Gasteiger charge is -2.20. The van der Waals surface area contributed by atoms with Crippen LogP contribution in [0.2, 0.25) is 0 Å². The summed E-state index contributed by atoms with van der Waals surface area (Å²) in [7, 11) is 0. The lowest BCUT2D eigenvalue weighted by atomic mass is 10.1. The van der Waals surface area contributed by atoms with E-state index < -0.39 is 12.2 Å². The van der Waals surface area contributed by atoms with Crippen LogP contribution in [-0.4, -0.2) is 41.3 Å². The Morgan fingerprint density at radius 3 is 2.47 bits per heavy atom.